The Labute approximate surface area is 181 Å². The van der Waals surface area contributed by atoms with Crippen molar-refractivity contribution in [1.82, 2.24) is 5.43 Å². The van der Waals surface area contributed by atoms with Crippen molar-refractivity contribution in [2.45, 2.75) is 18.7 Å². The molecule has 0 unspecified atom stereocenters. The lowest BCUT2D eigenvalue weighted by Gasteiger charge is -2.24. The third kappa shape index (κ3) is 5.55. The molecule has 0 aliphatic heterocycles. The number of anilines is 1. The number of carbonyl (C=O) groups is 1. The summed E-state index contributed by atoms with van der Waals surface area (Å²) in [4.78, 5) is 12.5. The lowest BCUT2D eigenvalue weighted by atomic mass is 10.2. The van der Waals surface area contributed by atoms with Crippen molar-refractivity contribution in [1.29, 1.82) is 0 Å². The van der Waals surface area contributed by atoms with Gasteiger partial charge in [-0.1, -0.05) is 53.6 Å². The molecule has 0 radical (unpaired) electrons. The van der Waals surface area contributed by atoms with Crippen LogP contribution in [-0.4, -0.2) is 27.1 Å². The summed E-state index contributed by atoms with van der Waals surface area (Å²) in [6, 6.07) is 19.1. The maximum absolute atomic E-state index is 13.7. The van der Waals surface area contributed by atoms with Gasteiger partial charge >= 0.3 is 0 Å². The zero-order valence-corrected chi connectivity index (χ0v) is 17.9. The number of aryl methyl sites for hydroxylation is 2. The van der Waals surface area contributed by atoms with E-state index in [1.54, 1.807) is 48.5 Å². The molecule has 0 saturated heterocycles. The predicted octanol–water partition coefficient (Wildman–Crippen LogP) is 3.79. The van der Waals surface area contributed by atoms with E-state index in [0.29, 0.717) is 5.69 Å². The summed E-state index contributed by atoms with van der Waals surface area (Å²) in [5.74, 6) is -1.15. The van der Waals surface area contributed by atoms with E-state index >= 15 is 0 Å². The first-order valence-corrected chi connectivity index (χ1v) is 10.9. The Morgan fingerprint density at radius 3 is 2.16 bits per heavy atom. The molecule has 160 valence electrons. The second-order valence-corrected chi connectivity index (χ2v) is 8.84. The maximum Gasteiger partial charge on any atom is 0.264 e. The van der Waals surface area contributed by atoms with E-state index in [2.05, 4.69) is 10.5 Å². The highest BCUT2D eigenvalue weighted by Gasteiger charge is 2.27. The number of hydrogen-bond acceptors (Lipinski definition) is 4. The molecular formula is C23H22FN3O3S. The van der Waals surface area contributed by atoms with Crippen molar-refractivity contribution in [2.24, 2.45) is 5.10 Å². The van der Waals surface area contributed by atoms with Gasteiger partial charge in [-0.2, -0.15) is 5.10 Å². The van der Waals surface area contributed by atoms with Crippen LogP contribution >= 0.6 is 0 Å². The van der Waals surface area contributed by atoms with Crippen LogP contribution < -0.4 is 9.73 Å². The van der Waals surface area contributed by atoms with Gasteiger partial charge in [0, 0.05) is 5.56 Å². The fourth-order valence-corrected chi connectivity index (χ4v) is 4.20. The Morgan fingerprint density at radius 1 is 0.968 bits per heavy atom. The number of carbonyl (C=O) groups excluding carboxylic acids is 1. The van der Waals surface area contributed by atoms with Crippen LogP contribution in [0.3, 0.4) is 0 Å². The summed E-state index contributed by atoms with van der Waals surface area (Å²) in [6.07, 6.45) is 1.16. The van der Waals surface area contributed by atoms with Crippen molar-refractivity contribution >= 4 is 27.8 Å². The maximum atomic E-state index is 13.7. The normalized spacial score (nSPS) is 11.5. The van der Waals surface area contributed by atoms with Gasteiger partial charge in [-0.05, 0) is 44.2 Å². The van der Waals surface area contributed by atoms with Crippen LogP contribution in [0.1, 0.15) is 16.7 Å². The minimum Gasteiger partial charge on any atom is -0.271 e. The largest absolute Gasteiger partial charge is 0.271 e. The third-order valence-corrected chi connectivity index (χ3v) is 6.30. The molecule has 0 atom stereocenters. The average molecular weight is 440 g/mol. The Morgan fingerprint density at radius 2 is 1.55 bits per heavy atom. The number of halogens is 1. The molecule has 0 saturated carbocycles. The van der Waals surface area contributed by atoms with Crippen LogP contribution in [0, 0.1) is 19.7 Å². The van der Waals surface area contributed by atoms with Crippen molar-refractivity contribution < 1.29 is 17.6 Å². The number of rotatable bonds is 7. The van der Waals surface area contributed by atoms with E-state index < -0.39 is 28.3 Å². The molecule has 3 aromatic rings. The second kappa shape index (κ2) is 9.53. The summed E-state index contributed by atoms with van der Waals surface area (Å²) in [5, 5.41) is 3.74. The van der Waals surface area contributed by atoms with Crippen LogP contribution in [0.15, 0.2) is 82.8 Å². The van der Waals surface area contributed by atoms with E-state index in [-0.39, 0.29) is 10.5 Å². The molecular weight excluding hydrogens is 417 g/mol. The van der Waals surface area contributed by atoms with Gasteiger partial charge in [0.2, 0.25) is 0 Å². The highest BCUT2D eigenvalue weighted by Crippen LogP contribution is 2.24. The lowest BCUT2D eigenvalue weighted by molar-refractivity contribution is -0.119. The van der Waals surface area contributed by atoms with E-state index in [4.69, 9.17) is 0 Å². The molecule has 8 heteroatoms. The Bertz CT molecular complexity index is 1190. The zero-order chi connectivity index (χ0) is 22.4. The zero-order valence-electron chi connectivity index (χ0n) is 17.1. The minimum absolute atomic E-state index is 0.0707. The molecule has 0 fully saturated rings. The monoisotopic (exact) mass is 439 g/mol. The molecule has 0 aliphatic carbocycles. The summed E-state index contributed by atoms with van der Waals surface area (Å²) in [7, 11) is -4.00. The van der Waals surface area contributed by atoms with Gasteiger partial charge in [0.15, 0.2) is 0 Å². The summed E-state index contributed by atoms with van der Waals surface area (Å²) >= 11 is 0. The summed E-state index contributed by atoms with van der Waals surface area (Å²) in [6.45, 7) is 3.25. The predicted molar refractivity (Wildman–Crippen MR) is 119 cm³/mol. The number of nitrogens with zero attached hydrogens (tertiary/aromatic N) is 2. The Kier molecular flexibility index (Phi) is 6.81. The third-order valence-electron chi connectivity index (χ3n) is 4.52. The smallest absolute Gasteiger partial charge is 0.264 e. The Balaban J connectivity index is 1.84. The molecule has 1 N–H and O–H groups in total. The van der Waals surface area contributed by atoms with Crippen LogP contribution in [0.4, 0.5) is 10.1 Å². The SMILES string of the molecule is Cc1ccc(N(CC(=O)N/N=C\c2ccccc2F)S(=O)(=O)c2ccc(C)cc2)cc1. The van der Waals surface area contributed by atoms with Crippen molar-refractivity contribution in [3.8, 4) is 0 Å². The highest BCUT2D eigenvalue weighted by atomic mass is 32.2. The fraction of sp³-hybridized carbons (Fsp3) is 0.130. The molecule has 6 nitrogen and oxygen atoms in total. The van der Waals surface area contributed by atoms with Gasteiger partial charge in [0.1, 0.15) is 12.4 Å². The fourth-order valence-electron chi connectivity index (χ4n) is 2.78. The highest BCUT2D eigenvalue weighted by molar-refractivity contribution is 7.92. The molecule has 31 heavy (non-hydrogen) atoms. The number of sulfonamides is 1. The minimum atomic E-state index is -4.00. The standard InChI is InChI=1S/C23H22FN3O3S/c1-17-7-11-20(12-8-17)27(31(29,30)21-13-9-18(2)10-14-21)16-23(28)26-25-15-19-5-3-4-6-22(19)24/h3-15H,16H2,1-2H3,(H,26,28)/b25-15-. The van der Waals surface area contributed by atoms with Gasteiger partial charge in [-0.25, -0.2) is 18.2 Å². The van der Waals surface area contributed by atoms with Gasteiger partial charge in [0.25, 0.3) is 15.9 Å². The Hall–Kier alpha value is -3.52. The van der Waals surface area contributed by atoms with Crippen LogP contribution in [0.2, 0.25) is 0 Å². The van der Waals surface area contributed by atoms with Crippen molar-refractivity contribution in [3.05, 3.63) is 95.3 Å². The van der Waals surface area contributed by atoms with E-state index in [0.717, 1.165) is 21.6 Å². The number of hydrogen-bond donors (Lipinski definition) is 1. The number of amides is 1. The molecule has 3 rings (SSSR count). The lowest BCUT2D eigenvalue weighted by Crippen LogP contribution is -2.39. The van der Waals surface area contributed by atoms with Gasteiger partial charge in [-0.15, -0.1) is 0 Å². The van der Waals surface area contributed by atoms with Crippen LogP contribution in [0.25, 0.3) is 0 Å². The quantitative estimate of drug-likeness (QED) is 0.449. The number of nitrogens with one attached hydrogen (secondary N) is 1. The summed E-state index contributed by atoms with van der Waals surface area (Å²) in [5.41, 5.74) is 4.68. The molecule has 0 bridgehead atoms. The number of benzene rings is 3. The first-order valence-electron chi connectivity index (χ1n) is 9.50. The molecule has 0 heterocycles. The molecule has 3 aromatic carbocycles. The van der Waals surface area contributed by atoms with Crippen LogP contribution in [-0.2, 0) is 14.8 Å². The molecule has 0 aliphatic rings. The topological polar surface area (TPSA) is 78.8 Å². The average Bonchev–Trinajstić information content (AvgIpc) is 2.74. The summed E-state index contributed by atoms with van der Waals surface area (Å²) < 4.78 is 41.2. The van der Waals surface area contributed by atoms with Gasteiger partial charge in [-0.3, -0.25) is 9.10 Å². The first kappa shape index (κ1) is 22.2. The van der Waals surface area contributed by atoms with E-state index in [9.17, 15) is 17.6 Å². The van der Waals surface area contributed by atoms with Gasteiger partial charge < -0.3 is 0 Å². The molecule has 0 aromatic heterocycles. The van der Waals surface area contributed by atoms with E-state index in [1.807, 2.05) is 13.8 Å². The first-order chi connectivity index (χ1) is 14.8. The van der Waals surface area contributed by atoms with Crippen molar-refractivity contribution in [3.63, 3.8) is 0 Å². The second-order valence-electron chi connectivity index (χ2n) is 6.97. The number of hydrazone groups is 1. The van der Waals surface area contributed by atoms with Crippen LogP contribution in [0.5, 0.6) is 0 Å². The van der Waals surface area contributed by atoms with E-state index in [1.165, 1.54) is 24.3 Å². The van der Waals surface area contributed by atoms with Crippen molar-refractivity contribution in [2.75, 3.05) is 10.8 Å². The molecule has 1 amide bonds. The van der Waals surface area contributed by atoms with Gasteiger partial charge in [0.05, 0.1) is 16.8 Å². The molecule has 0 spiro atoms.